The number of hydrogen-bond acceptors (Lipinski definition) is 6. The molecule has 3 aliphatic rings. The summed E-state index contributed by atoms with van der Waals surface area (Å²) < 4.78 is 22.2. The number of benzene rings is 4. The van der Waals surface area contributed by atoms with Gasteiger partial charge in [-0.1, -0.05) is 24.3 Å². The van der Waals surface area contributed by atoms with Crippen LogP contribution in [0, 0.1) is 0 Å². The summed E-state index contributed by atoms with van der Waals surface area (Å²) in [5.41, 5.74) is 1.31. The lowest BCUT2D eigenvalue weighted by Crippen LogP contribution is -2.50. The van der Waals surface area contributed by atoms with Gasteiger partial charge >= 0.3 is 0 Å². The van der Waals surface area contributed by atoms with Gasteiger partial charge in [0.1, 0.15) is 11.5 Å². The second kappa shape index (κ2) is 11.6. The third-order valence-corrected chi connectivity index (χ3v) is 8.19. The van der Waals surface area contributed by atoms with E-state index in [1.54, 1.807) is 0 Å². The zero-order chi connectivity index (χ0) is 28.5. The van der Waals surface area contributed by atoms with Crippen molar-refractivity contribution in [2.24, 2.45) is 0 Å². The molecule has 2 amide bonds. The molecule has 0 aromatic heterocycles. The maximum atomic E-state index is 13.3. The highest BCUT2D eigenvalue weighted by Crippen LogP contribution is 2.26. The van der Waals surface area contributed by atoms with Crippen LogP contribution in [-0.4, -0.2) is 86.4 Å². The van der Waals surface area contributed by atoms with Crippen LogP contribution in [0.5, 0.6) is 11.5 Å². The molecular formula is C34H34N2O6. The van der Waals surface area contributed by atoms with Crippen molar-refractivity contribution in [3.8, 4) is 11.5 Å². The van der Waals surface area contributed by atoms with E-state index in [2.05, 4.69) is 0 Å². The number of hydrogen-bond donors (Lipinski definition) is 0. The normalized spacial score (nSPS) is 19.6. The summed E-state index contributed by atoms with van der Waals surface area (Å²) in [4.78, 5) is 30.3. The van der Waals surface area contributed by atoms with E-state index in [4.69, 9.17) is 18.9 Å². The molecule has 0 aliphatic carbocycles. The molecule has 8 nitrogen and oxygen atoms in total. The molecule has 8 heteroatoms. The summed E-state index contributed by atoms with van der Waals surface area (Å²) in [7, 11) is 0. The number of ether oxygens (including phenoxy) is 4. The zero-order valence-electron chi connectivity index (χ0n) is 23.5. The van der Waals surface area contributed by atoms with Crippen molar-refractivity contribution in [2.75, 3.05) is 52.6 Å². The van der Waals surface area contributed by atoms with Crippen molar-refractivity contribution in [3.05, 3.63) is 83.9 Å². The van der Waals surface area contributed by atoms with Gasteiger partial charge in [-0.2, -0.15) is 0 Å². The molecule has 0 N–H and O–H groups in total. The van der Waals surface area contributed by atoms with Crippen LogP contribution < -0.4 is 9.47 Å². The number of carbonyl (C=O) groups is 2. The molecule has 2 atom stereocenters. The Morgan fingerprint density at radius 1 is 0.595 bits per heavy atom. The van der Waals surface area contributed by atoms with Crippen molar-refractivity contribution in [1.82, 2.24) is 9.80 Å². The quantitative estimate of drug-likeness (QED) is 0.253. The molecule has 0 spiro atoms. The average Bonchev–Trinajstić information content (AvgIpc) is 3.97. The highest BCUT2D eigenvalue weighted by Gasteiger charge is 2.26. The lowest BCUT2D eigenvalue weighted by atomic mass is 10.0. The zero-order valence-corrected chi connectivity index (χ0v) is 23.5. The molecule has 216 valence electrons. The lowest BCUT2D eigenvalue weighted by Gasteiger charge is -2.35. The molecule has 3 heterocycles. The number of piperazine rings is 1. The van der Waals surface area contributed by atoms with Gasteiger partial charge in [-0.05, 0) is 70.1 Å². The molecule has 0 saturated carbocycles. The van der Waals surface area contributed by atoms with E-state index in [9.17, 15) is 9.59 Å². The number of epoxide rings is 2. The molecule has 0 bridgehead atoms. The van der Waals surface area contributed by atoms with Crippen LogP contribution in [0.1, 0.15) is 33.6 Å². The van der Waals surface area contributed by atoms with Crippen LogP contribution >= 0.6 is 0 Å². The van der Waals surface area contributed by atoms with E-state index in [0.29, 0.717) is 62.7 Å². The summed E-state index contributed by atoms with van der Waals surface area (Å²) in [6.07, 6.45) is 2.51. The van der Waals surface area contributed by atoms with E-state index in [-0.39, 0.29) is 11.8 Å². The molecule has 7 rings (SSSR count). The largest absolute Gasteiger partial charge is 0.493 e. The first-order valence-corrected chi connectivity index (χ1v) is 14.7. The minimum Gasteiger partial charge on any atom is -0.493 e. The Bertz CT molecular complexity index is 1500. The summed E-state index contributed by atoms with van der Waals surface area (Å²) in [5, 5.41) is 4.06. The van der Waals surface area contributed by atoms with Gasteiger partial charge in [0.25, 0.3) is 11.8 Å². The van der Waals surface area contributed by atoms with E-state index < -0.39 is 0 Å². The van der Waals surface area contributed by atoms with Crippen LogP contribution in [0.3, 0.4) is 0 Å². The van der Waals surface area contributed by atoms with Crippen LogP contribution in [0.4, 0.5) is 0 Å². The Morgan fingerprint density at radius 2 is 0.976 bits per heavy atom. The summed E-state index contributed by atoms with van der Waals surface area (Å²) in [6, 6.07) is 23.4. The van der Waals surface area contributed by atoms with Gasteiger partial charge in [0.15, 0.2) is 0 Å². The van der Waals surface area contributed by atoms with E-state index in [0.717, 1.165) is 59.1 Å². The molecule has 2 unspecified atom stereocenters. The Balaban J connectivity index is 0.939. The van der Waals surface area contributed by atoms with Gasteiger partial charge < -0.3 is 28.7 Å². The number of rotatable bonds is 10. The van der Waals surface area contributed by atoms with Gasteiger partial charge in [-0.25, -0.2) is 0 Å². The second-order valence-electron chi connectivity index (χ2n) is 11.2. The van der Waals surface area contributed by atoms with Crippen molar-refractivity contribution >= 4 is 33.4 Å². The van der Waals surface area contributed by atoms with Crippen molar-refractivity contribution in [1.29, 1.82) is 0 Å². The molecule has 0 radical (unpaired) electrons. The third-order valence-electron chi connectivity index (χ3n) is 8.19. The minimum atomic E-state index is -0.0119. The van der Waals surface area contributed by atoms with Crippen LogP contribution in [0.25, 0.3) is 21.5 Å². The number of amides is 2. The number of nitrogens with zero attached hydrogens (tertiary/aromatic N) is 2. The maximum absolute atomic E-state index is 13.3. The Morgan fingerprint density at radius 3 is 1.38 bits per heavy atom. The van der Waals surface area contributed by atoms with E-state index in [1.165, 1.54) is 0 Å². The van der Waals surface area contributed by atoms with Crippen molar-refractivity contribution < 1.29 is 28.5 Å². The van der Waals surface area contributed by atoms with E-state index >= 15 is 0 Å². The predicted molar refractivity (Wildman–Crippen MR) is 159 cm³/mol. The summed E-state index contributed by atoms with van der Waals surface area (Å²) in [5.74, 6) is 1.62. The minimum absolute atomic E-state index is 0.0119. The van der Waals surface area contributed by atoms with Gasteiger partial charge in [-0.3, -0.25) is 9.59 Å². The Hall–Kier alpha value is -4.14. The molecule has 4 aromatic carbocycles. The lowest BCUT2D eigenvalue weighted by molar-refractivity contribution is 0.0535. The van der Waals surface area contributed by atoms with Crippen LogP contribution in [-0.2, 0) is 9.47 Å². The fourth-order valence-electron chi connectivity index (χ4n) is 5.46. The van der Waals surface area contributed by atoms with Crippen LogP contribution in [0.2, 0.25) is 0 Å². The third kappa shape index (κ3) is 6.20. The Kier molecular flexibility index (Phi) is 7.40. The van der Waals surface area contributed by atoms with Gasteiger partial charge in [0.2, 0.25) is 0 Å². The smallest absolute Gasteiger partial charge is 0.253 e. The van der Waals surface area contributed by atoms with Crippen molar-refractivity contribution in [2.45, 2.75) is 25.0 Å². The first kappa shape index (κ1) is 26.7. The fraction of sp³-hybridized carbons (Fsp3) is 0.353. The maximum Gasteiger partial charge on any atom is 0.253 e. The summed E-state index contributed by atoms with van der Waals surface area (Å²) in [6.45, 7) is 4.94. The van der Waals surface area contributed by atoms with Gasteiger partial charge in [0, 0.05) is 50.1 Å². The van der Waals surface area contributed by atoms with Crippen molar-refractivity contribution in [3.63, 3.8) is 0 Å². The average molecular weight is 567 g/mol. The van der Waals surface area contributed by atoms with Gasteiger partial charge in [0.05, 0.1) is 38.6 Å². The monoisotopic (exact) mass is 566 g/mol. The van der Waals surface area contributed by atoms with Gasteiger partial charge in [-0.15, -0.1) is 0 Å². The fourth-order valence-corrected chi connectivity index (χ4v) is 5.46. The SMILES string of the molecule is O=C(c1ccc2cc(OCCC3CO3)ccc2c1)N1CCN(C(=O)c2ccc3cc(OCCC4CO4)ccc3c2)CC1. The molecule has 3 aliphatic heterocycles. The van der Waals surface area contributed by atoms with Crippen LogP contribution in [0.15, 0.2) is 72.8 Å². The molecule has 3 saturated heterocycles. The van der Waals surface area contributed by atoms with E-state index in [1.807, 2.05) is 82.6 Å². The molecule has 3 fully saturated rings. The second-order valence-corrected chi connectivity index (χ2v) is 11.2. The predicted octanol–water partition coefficient (Wildman–Crippen LogP) is 4.93. The Labute approximate surface area is 244 Å². The molecular weight excluding hydrogens is 532 g/mol. The number of carbonyl (C=O) groups excluding carboxylic acids is 2. The highest BCUT2D eigenvalue weighted by atomic mass is 16.6. The molecule has 42 heavy (non-hydrogen) atoms. The topological polar surface area (TPSA) is 84.1 Å². The number of fused-ring (bicyclic) bond motifs is 2. The highest BCUT2D eigenvalue weighted by molar-refractivity contribution is 6.00. The standard InChI is InChI=1S/C34H34N2O6/c37-33(27-3-1-25-19-29(7-5-23(25)17-27)39-15-9-31-21-41-31)35-11-13-36(14-12-35)34(38)28-4-2-26-20-30(8-6-24(26)18-28)40-16-10-32-22-42-32/h1-8,17-20,31-32H,9-16,21-22H2. The first-order chi connectivity index (χ1) is 20.6. The summed E-state index contributed by atoms with van der Waals surface area (Å²) >= 11 is 0. The molecule has 4 aromatic rings. The first-order valence-electron chi connectivity index (χ1n) is 14.7.